The maximum atomic E-state index is 5.57. The summed E-state index contributed by atoms with van der Waals surface area (Å²) >= 11 is 0. The maximum Gasteiger partial charge on any atom is 0.237 e. The van der Waals surface area contributed by atoms with Crippen molar-refractivity contribution in [2.75, 3.05) is 0 Å². The van der Waals surface area contributed by atoms with Crippen molar-refractivity contribution >= 4 is 86.8 Å². The van der Waals surface area contributed by atoms with Crippen LogP contribution >= 0.6 is 0 Å². The number of benzene rings is 8. The van der Waals surface area contributed by atoms with Crippen molar-refractivity contribution < 1.29 is 0 Å². The lowest BCUT2D eigenvalue weighted by molar-refractivity contribution is 0.999. The second-order valence-electron chi connectivity index (χ2n) is 14.2. The van der Waals surface area contributed by atoms with Crippen molar-refractivity contribution in [3.63, 3.8) is 0 Å². The molecule has 12 aromatic rings. The molecule has 0 spiro atoms. The predicted molar refractivity (Wildman–Crippen MR) is 228 cm³/mol. The van der Waals surface area contributed by atoms with E-state index >= 15 is 0 Å². The number of aromatic nitrogens is 5. The molecule has 0 saturated heterocycles. The van der Waals surface area contributed by atoms with Gasteiger partial charge in [0.15, 0.2) is 0 Å². The van der Waals surface area contributed by atoms with Crippen molar-refractivity contribution in [2.24, 2.45) is 0 Å². The zero-order valence-corrected chi connectivity index (χ0v) is 29.5. The van der Waals surface area contributed by atoms with E-state index in [-0.39, 0.29) is 0 Å². The highest BCUT2D eigenvalue weighted by Crippen LogP contribution is 2.42. The van der Waals surface area contributed by atoms with E-state index in [1.165, 1.54) is 21.5 Å². The fourth-order valence-corrected chi connectivity index (χ4v) is 8.75. The quantitative estimate of drug-likeness (QED) is 0.136. The van der Waals surface area contributed by atoms with Crippen LogP contribution in [0.15, 0.2) is 176 Å². The van der Waals surface area contributed by atoms with Crippen LogP contribution in [0.1, 0.15) is 0 Å². The van der Waals surface area contributed by atoms with Gasteiger partial charge in [-0.15, -0.1) is 0 Å². The summed E-state index contributed by atoms with van der Waals surface area (Å²) in [7, 11) is 0. The van der Waals surface area contributed by atoms with E-state index in [0.29, 0.717) is 5.95 Å². The molecule has 8 aromatic carbocycles. The molecule has 0 amide bonds. The minimum atomic E-state index is 0.555. The zero-order chi connectivity index (χ0) is 36.0. The van der Waals surface area contributed by atoms with Crippen LogP contribution < -0.4 is 0 Å². The fraction of sp³-hybridized carbons (Fsp3) is 0. The minimum Gasteiger partial charge on any atom is -0.262 e. The Hall–Kier alpha value is -7.50. The Kier molecular flexibility index (Phi) is 6.27. The predicted octanol–water partition coefficient (Wildman–Crippen LogP) is 12.6. The van der Waals surface area contributed by atoms with E-state index in [0.717, 1.165) is 87.8 Å². The van der Waals surface area contributed by atoms with Crippen LogP contribution in [-0.4, -0.2) is 24.5 Å². The third-order valence-electron chi connectivity index (χ3n) is 11.2. The summed E-state index contributed by atoms with van der Waals surface area (Å²) in [6, 6.07) is 60.1. The summed E-state index contributed by atoms with van der Waals surface area (Å²) in [6.45, 7) is 0. The largest absolute Gasteiger partial charge is 0.262 e. The highest BCUT2D eigenvalue weighted by atomic mass is 15.2. The first-order chi connectivity index (χ1) is 27.3. The van der Waals surface area contributed by atoms with Gasteiger partial charge in [-0.05, 0) is 85.6 Å². The minimum absolute atomic E-state index is 0.555. The van der Waals surface area contributed by atoms with Gasteiger partial charge in [0.05, 0.1) is 22.4 Å². The molecule has 0 fully saturated rings. The number of rotatable bonds is 3. The van der Waals surface area contributed by atoms with Crippen LogP contribution in [0, 0.1) is 0 Å². The first-order valence-electron chi connectivity index (χ1n) is 18.6. The van der Waals surface area contributed by atoms with Crippen LogP contribution in [0.25, 0.3) is 115 Å². The van der Waals surface area contributed by atoms with Gasteiger partial charge in [0.2, 0.25) is 5.95 Å². The molecule has 0 saturated carbocycles. The van der Waals surface area contributed by atoms with Gasteiger partial charge >= 0.3 is 0 Å². The first-order valence-corrected chi connectivity index (χ1v) is 18.6. The lowest BCUT2D eigenvalue weighted by Crippen LogP contribution is -2.05. The lowest BCUT2D eigenvalue weighted by atomic mass is 9.92. The Morgan fingerprint density at radius 1 is 0.364 bits per heavy atom. The highest BCUT2D eigenvalue weighted by molar-refractivity contribution is 6.19. The van der Waals surface area contributed by atoms with Gasteiger partial charge in [-0.1, -0.05) is 127 Å². The summed E-state index contributed by atoms with van der Waals surface area (Å²) in [5, 5.41) is 13.4. The van der Waals surface area contributed by atoms with Crippen LogP contribution in [0.5, 0.6) is 0 Å². The smallest absolute Gasteiger partial charge is 0.237 e. The normalized spacial score (nSPS) is 12.0. The number of fused-ring (bicyclic) bond motifs is 10. The Bertz CT molecular complexity index is 3400. The molecule has 0 aliphatic rings. The number of para-hydroxylation sites is 1. The van der Waals surface area contributed by atoms with Gasteiger partial charge < -0.3 is 0 Å². The summed E-state index contributed by atoms with van der Waals surface area (Å²) < 4.78 is 2.11. The molecule has 0 aliphatic heterocycles. The summed E-state index contributed by atoms with van der Waals surface area (Å²) in [6.07, 6.45) is 1.84. The fourth-order valence-electron chi connectivity index (χ4n) is 8.75. The molecule has 0 radical (unpaired) electrons. The van der Waals surface area contributed by atoms with Crippen LogP contribution in [0.3, 0.4) is 0 Å². The Balaban J connectivity index is 1.26. The van der Waals surface area contributed by atoms with Crippen molar-refractivity contribution in [3.8, 4) is 28.5 Å². The van der Waals surface area contributed by atoms with Crippen LogP contribution in [0.2, 0.25) is 0 Å². The van der Waals surface area contributed by atoms with Gasteiger partial charge in [-0.2, -0.15) is 0 Å². The lowest BCUT2D eigenvalue weighted by Gasteiger charge is -2.17. The number of hydrogen-bond donors (Lipinski definition) is 0. The second kappa shape index (κ2) is 11.5. The third-order valence-corrected chi connectivity index (χ3v) is 11.2. The molecule has 0 aliphatic carbocycles. The van der Waals surface area contributed by atoms with E-state index in [4.69, 9.17) is 19.9 Å². The molecule has 12 rings (SSSR count). The first kappa shape index (κ1) is 30.0. The third kappa shape index (κ3) is 4.41. The zero-order valence-electron chi connectivity index (χ0n) is 29.5. The van der Waals surface area contributed by atoms with Crippen LogP contribution in [-0.2, 0) is 0 Å². The van der Waals surface area contributed by atoms with E-state index < -0.39 is 0 Å². The van der Waals surface area contributed by atoms with Crippen molar-refractivity contribution in [1.29, 1.82) is 0 Å². The summed E-state index contributed by atoms with van der Waals surface area (Å²) in [5.41, 5.74) is 7.40. The van der Waals surface area contributed by atoms with E-state index in [2.05, 4.69) is 168 Å². The number of pyridine rings is 2. The molecule has 254 valence electrons. The molecule has 0 bridgehead atoms. The van der Waals surface area contributed by atoms with Gasteiger partial charge in [-0.3, -0.25) is 4.57 Å². The van der Waals surface area contributed by atoms with Crippen molar-refractivity contribution in [3.05, 3.63) is 176 Å². The number of nitrogens with zero attached hydrogens (tertiary/aromatic N) is 5. The highest BCUT2D eigenvalue weighted by Gasteiger charge is 2.22. The average Bonchev–Trinajstić information content (AvgIpc) is 3.58. The number of hydrogen-bond acceptors (Lipinski definition) is 4. The van der Waals surface area contributed by atoms with Crippen molar-refractivity contribution in [2.45, 2.75) is 0 Å². The molecule has 0 unspecified atom stereocenters. The second-order valence-corrected chi connectivity index (χ2v) is 14.2. The van der Waals surface area contributed by atoms with Gasteiger partial charge in [-0.25, -0.2) is 19.9 Å². The van der Waals surface area contributed by atoms with Crippen LogP contribution in [0.4, 0.5) is 0 Å². The van der Waals surface area contributed by atoms with Gasteiger partial charge in [0, 0.05) is 38.9 Å². The SMILES string of the molecule is c1ccc2c(-c3ccc4ccc5c(-c6c7ccccc7cc7ccccc67)nc(-n6c7ccccc7c7cccnc76)nc5c4n3)c3ccccc3cc2c1. The Morgan fingerprint density at radius 2 is 0.909 bits per heavy atom. The maximum absolute atomic E-state index is 5.57. The molecular formula is C50H29N5. The molecule has 4 aromatic heterocycles. The summed E-state index contributed by atoms with van der Waals surface area (Å²) in [5.74, 6) is 0.555. The molecule has 5 heteroatoms. The topological polar surface area (TPSA) is 56.5 Å². The molecular weight excluding hydrogens is 671 g/mol. The van der Waals surface area contributed by atoms with Crippen molar-refractivity contribution in [1.82, 2.24) is 24.5 Å². The Morgan fingerprint density at radius 3 is 1.56 bits per heavy atom. The standard InChI is InChI=1S/C50H29N5/c1-5-16-35-31(12-1)28-32-13-2-6-17-36(32)44(35)42-26-24-30-23-25-41-47(45-37-18-7-3-14-33(37)29-34-15-4-8-19-38(34)45)53-50(54-48(41)46(30)52-42)55-43-22-10-9-20-39(43)40-21-11-27-51-49(40)55/h1-29H. The Labute approximate surface area is 314 Å². The molecule has 0 N–H and O–H groups in total. The van der Waals surface area contributed by atoms with Gasteiger partial charge in [0.1, 0.15) is 11.2 Å². The molecule has 0 atom stereocenters. The molecule has 4 heterocycles. The average molecular weight is 700 g/mol. The molecule has 55 heavy (non-hydrogen) atoms. The monoisotopic (exact) mass is 699 g/mol. The van der Waals surface area contributed by atoms with E-state index in [1.54, 1.807) is 0 Å². The van der Waals surface area contributed by atoms with E-state index in [9.17, 15) is 0 Å². The molecule has 5 nitrogen and oxygen atoms in total. The van der Waals surface area contributed by atoms with E-state index in [1.807, 2.05) is 12.3 Å². The summed E-state index contributed by atoms with van der Waals surface area (Å²) in [4.78, 5) is 21.6. The van der Waals surface area contributed by atoms with Gasteiger partial charge in [0.25, 0.3) is 0 Å².